The lowest BCUT2D eigenvalue weighted by atomic mass is 9.98. The first kappa shape index (κ1) is 20.8. The maximum Gasteiger partial charge on any atom is 0.281 e. The van der Waals surface area contributed by atoms with Crippen molar-refractivity contribution in [3.63, 3.8) is 0 Å². The highest BCUT2D eigenvalue weighted by molar-refractivity contribution is 6.03. The van der Waals surface area contributed by atoms with Crippen LogP contribution in [-0.4, -0.2) is 30.3 Å². The van der Waals surface area contributed by atoms with Crippen molar-refractivity contribution in [2.45, 2.75) is 12.5 Å². The summed E-state index contributed by atoms with van der Waals surface area (Å²) in [6.07, 6.45) is 0.635. The highest BCUT2D eigenvalue weighted by Gasteiger charge is 2.33. The monoisotopic (exact) mass is 436 g/mol. The molecule has 0 aliphatic carbocycles. The molecule has 0 fully saturated rings. The van der Waals surface area contributed by atoms with Crippen LogP contribution in [0.3, 0.4) is 0 Å². The molecule has 33 heavy (non-hydrogen) atoms. The van der Waals surface area contributed by atoms with Gasteiger partial charge in [0.05, 0.1) is 18.9 Å². The molecule has 0 spiro atoms. The van der Waals surface area contributed by atoms with Crippen LogP contribution in [0.1, 0.15) is 23.6 Å². The second-order valence-electron chi connectivity index (χ2n) is 7.91. The van der Waals surface area contributed by atoms with Gasteiger partial charge in [-0.25, -0.2) is 5.01 Å². The Morgan fingerprint density at radius 3 is 2.42 bits per heavy atom. The lowest BCUT2D eigenvalue weighted by molar-refractivity contribution is -0.135. The minimum Gasteiger partial charge on any atom is -0.497 e. The number of hydrazone groups is 1. The van der Waals surface area contributed by atoms with Crippen LogP contribution < -0.4 is 9.47 Å². The van der Waals surface area contributed by atoms with Crippen LogP contribution in [0, 0.1) is 0 Å². The number of ether oxygens (including phenoxy) is 2. The van der Waals surface area contributed by atoms with E-state index >= 15 is 0 Å². The van der Waals surface area contributed by atoms with Gasteiger partial charge in [-0.2, -0.15) is 5.10 Å². The molecule has 1 aliphatic heterocycles. The van der Waals surface area contributed by atoms with E-state index in [-0.39, 0.29) is 18.6 Å². The third-order valence-electron chi connectivity index (χ3n) is 5.87. The van der Waals surface area contributed by atoms with Gasteiger partial charge in [-0.15, -0.1) is 0 Å². The molecule has 1 heterocycles. The molecular weight excluding hydrogens is 412 g/mol. The molecule has 0 N–H and O–H groups in total. The van der Waals surface area contributed by atoms with Crippen LogP contribution >= 0.6 is 0 Å². The van der Waals surface area contributed by atoms with Gasteiger partial charge in [0, 0.05) is 11.8 Å². The highest BCUT2D eigenvalue weighted by Crippen LogP contribution is 2.34. The molecular formula is C28H24N2O3. The Morgan fingerprint density at radius 1 is 0.909 bits per heavy atom. The third kappa shape index (κ3) is 4.30. The summed E-state index contributed by atoms with van der Waals surface area (Å²) in [6, 6.07) is 31.4. The van der Waals surface area contributed by atoms with Crippen molar-refractivity contribution in [3.8, 4) is 11.5 Å². The van der Waals surface area contributed by atoms with Crippen molar-refractivity contribution in [3.05, 3.63) is 108 Å². The SMILES string of the molecule is COc1ccc([C@@H]2CC(c3ccccc3)=NN2C(=O)COc2cccc3ccccc23)cc1. The van der Waals surface area contributed by atoms with Crippen LogP contribution in [0.5, 0.6) is 11.5 Å². The van der Waals surface area contributed by atoms with Gasteiger partial charge in [-0.05, 0) is 34.7 Å². The Labute approximate surface area is 192 Å². The van der Waals surface area contributed by atoms with E-state index in [1.54, 1.807) is 12.1 Å². The van der Waals surface area contributed by atoms with Gasteiger partial charge in [0.15, 0.2) is 6.61 Å². The fraction of sp³-hybridized carbons (Fsp3) is 0.143. The van der Waals surface area contributed by atoms with E-state index in [1.165, 1.54) is 0 Å². The Hall–Kier alpha value is -4.12. The van der Waals surface area contributed by atoms with Gasteiger partial charge in [0.2, 0.25) is 0 Å². The van der Waals surface area contributed by atoms with Crippen LogP contribution in [0.4, 0.5) is 0 Å². The number of rotatable bonds is 6. The molecule has 0 radical (unpaired) electrons. The molecule has 0 saturated heterocycles. The van der Waals surface area contributed by atoms with E-state index in [4.69, 9.17) is 14.6 Å². The predicted molar refractivity (Wildman–Crippen MR) is 130 cm³/mol. The van der Waals surface area contributed by atoms with Crippen LogP contribution in [-0.2, 0) is 4.79 Å². The molecule has 0 bridgehead atoms. The molecule has 0 aromatic heterocycles. The molecule has 5 rings (SSSR count). The van der Waals surface area contributed by atoms with Gasteiger partial charge in [-0.3, -0.25) is 4.79 Å². The number of methoxy groups -OCH3 is 1. The molecule has 1 aliphatic rings. The summed E-state index contributed by atoms with van der Waals surface area (Å²) in [7, 11) is 1.64. The topological polar surface area (TPSA) is 51.1 Å². The Morgan fingerprint density at radius 2 is 1.64 bits per heavy atom. The van der Waals surface area contributed by atoms with Gasteiger partial charge >= 0.3 is 0 Å². The minimum absolute atomic E-state index is 0.0910. The van der Waals surface area contributed by atoms with Gasteiger partial charge < -0.3 is 9.47 Å². The molecule has 4 aromatic carbocycles. The lowest BCUT2D eigenvalue weighted by Crippen LogP contribution is -2.31. The summed E-state index contributed by atoms with van der Waals surface area (Å²) in [5.41, 5.74) is 2.90. The second-order valence-corrected chi connectivity index (χ2v) is 7.91. The van der Waals surface area contributed by atoms with Crippen molar-refractivity contribution in [2.75, 3.05) is 13.7 Å². The summed E-state index contributed by atoms with van der Waals surface area (Å²) < 4.78 is 11.3. The van der Waals surface area contributed by atoms with Crippen molar-refractivity contribution in [1.29, 1.82) is 0 Å². The van der Waals surface area contributed by atoms with Crippen molar-refractivity contribution >= 4 is 22.4 Å². The molecule has 4 aromatic rings. The standard InChI is InChI=1S/C28H24N2O3/c1-32-23-16-14-22(15-17-23)26-18-25(21-9-3-2-4-10-21)29-30(26)28(31)19-33-27-13-7-11-20-8-5-6-12-24(20)27/h2-17,26H,18-19H2,1H3/t26-/m0/s1. The van der Waals surface area contributed by atoms with Crippen molar-refractivity contribution < 1.29 is 14.3 Å². The zero-order chi connectivity index (χ0) is 22.6. The smallest absolute Gasteiger partial charge is 0.281 e. The average molecular weight is 437 g/mol. The third-order valence-corrected chi connectivity index (χ3v) is 5.87. The number of benzene rings is 4. The highest BCUT2D eigenvalue weighted by atomic mass is 16.5. The maximum atomic E-state index is 13.3. The molecule has 1 atom stereocenters. The molecule has 0 unspecified atom stereocenters. The fourth-order valence-electron chi connectivity index (χ4n) is 4.16. The van der Waals surface area contributed by atoms with E-state index in [2.05, 4.69) is 0 Å². The first-order valence-corrected chi connectivity index (χ1v) is 10.9. The van der Waals surface area contributed by atoms with Gasteiger partial charge in [0.25, 0.3) is 5.91 Å². The summed E-state index contributed by atoms with van der Waals surface area (Å²) in [6.45, 7) is -0.0910. The summed E-state index contributed by atoms with van der Waals surface area (Å²) in [5, 5.41) is 8.34. The van der Waals surface area contributed by atoms with E-state index in [1.807, 2.05) is 97.1 Å². The van der Waals surface area contributed by atoms with E-state index in [9.17, 15) is 4.79 Å². The Balaban J connectivity index is 1.41. The maximum absolute atomic E-state index is 13.3. The molecule has 1 amide bonds. The lowest BCUT2D eigenvalue weighted by Gasteiger charge is -2.22. The fourth-order valence-corrected chi connectivity index (χ4v) is 4.16. The number of amides is 1. The number of carbonyl (C=O) groups excluding carboxylic acids is 1. The number of hydrogen-bond acceptors (Lipinski definition) is 4. The number of nitrogens with zero attached hydrogens (tertiary/aromatic N) is 2. The van der Waals surface area contributed by atoms with Crippen LogP contribution in [0.25, 0.3) is 10.8 Å². The van der Waals surface area contributed by atoms with Crippen LogP contribution in [0.2, 0.25) is 0 Å². The first-order chi connectivity index (χ1) is 16.2. The molecule has 0 saturated carbocycles. The minimum atomic E-state index is -0.199. The quantitative estimate of drug-likeness (QED) is 0.395. The zero-order valence-corrected chi connectivity index (χ0v) is 18.3. The summed E-state index contributed by atoms with van der Waals surface area (Å²) in [4.78, 5) is 13.3. The van der Waals surface area contributed by atoms with E-state index in [0.717, 1.165) is 33.4 Å². The predicted octanol–water partition coefficient (Wildman–Crippen LogP) is 5.61. The van der Waals surface area contributed by atoms with Gasteiger partial charge in [0.1, 0.15) is 11.5 Å². The van der Waals surface area contributed by atoms with E-state index < -0.39 is 0 Å². The molecule has 164 valence electrons. The van der Waals surface area contributed by atoms with Gasteiger partial charge in [-0.1, -0.05) is 78.9 Å². The zero-order valence-electron chi connectivity index (χ0n) is 18.3. The first-order valence-electron chi connectivity index (χ1n) is 10.9. The van der Waals surface area contributed by atoms with E-state index in [0.29, 0.717) is 12.2 Å². The molecule has 5 heteroatoms. The summed E-state index contributed by atoms with van der Waals surface area (Å²) in [5.74, 6) is 1.28. The number of carbonyl (C=O) groups is 1. The Kier molecular flexibility index (Phi) is 5.77. The number of hydrogen-bond donors (Lipinski definition) is 0. The average Bonchev–Trinajstić information content (AvgIpc) is 3.33. The van der Waals surface area contributed by atoms with Crippen molar-refractivity contribution in [2.24, 2.45) is 5.10 Å². The molecule has 5 nitrogen and oxygen atoms in total. The number of fused-ring (bicyclic) bond motifs is 1. The van der Waals surface area contributed by atoms with Crippen LogP contribution in [0.15, 0.2) is 102 Å². The second kappa shape index (κ2) is 9.17. The largest absolute Gasteiger partial charge is 0.497 e. The Bertz CT molecular complexity index is 1290. The summed E-state index contributed by atoms with van der Waals surface area (Å²) >= 11 is 0. The normalized spacial score (nSPS) is 15.4. The van der Waals surface area contributed by atoms with Crippen molar-refractivity contribution in [1.82, 2.24) is 5.01 Å².